The van der Waals surface area contributed by atoms with Gasteiger partial charge in [0, 0.05) is 0 Å². The van der Waals surface area contributed by atoms with Crippen LogP contribution in [0.25, 0.3) is 0 Å². The van der Waals surface area contributed by atoms with Crippen molar-refractivity contribution in [1.82, 2.24) is 0 Å². The molecule has 1 rings (SSSR count). The van der Waals surface area contributed by atoms with Crippen molar-refractivity contribution in [3.8, 4) is 0 Å². The molecule has 18 heavy (non-hydrogen) atoms. The smallest absolute Gasteiger partial charge is 0.100 e. The average molecular weight is 369 g/mol. The lowest BCUT2D eigenvalue weighted by Crippen LogP contribution is -2.04. The van der Waals surface area contributed by atoms with E-state index in [4.69, 9.17) is 69.6 Å². The van der Waals surface area contributed by atoms with Crippen LogP contribution < -0.4 is 0 Å². The van der Waals surface area contributed by atoms with Gasteiger partial charge in [-0.05, 0) is 28.7 Å². The van der Waals surface area contributed by atoms with Crippen molar-refractivity contribution in [2.75, 3.05) is 0 Å². The molecule has 0 aliphatic rings. The quantitative estimate of drug-likeness (QED) is 0.487. The lowest BCUT2D eigenvalue weighted by Gasteiger charge is -2.20. The largest absolute Gasteiger partial charge is 0.133 e. The van der Waals surface area contributed by atoms with Gasteiger partial charge in [-0.15, -0.1) is 69.6 Å². The Bertz CT molecular complexity index is 400. The van der Waals surface area contributed by atoms with Crippen molar-refractivity contribution in [3.05, 3.63) is 34.4 Å². The van der Waals surface area contributed by atoms with Gasteiger partial charge in [-0.3, -0.25) is 0 Å². The highest BCUT2D eigenvalue weighted by atomic mass is 35.5. The highest BCUT2D eigenvalue weighted by molar-refractivity contribution is 6.46. The molecule has 0 saturated carbocycles. The van der Waals surface area contributed by atoms with Crippen LogP contribution in [0.4, 0.5) is 0 Å². The van der Waals surface area contributed by atoms with Gasteiger partial charge >= 0.3 is 0 Å². The van der Waals surface area contributed by atoms with E-state index in [-0.39, 0.29) is 0 Å². The van der Waals surface area contributed by atoms with Crippen molar-refractivity contribution in [2.45, 2.75) is 34.3 Å². The fourth-order valence-electron chi connectivity index (χ4n) is 1.88. The van der Waals surface area contributed by atoms with Gasteiger partial charge in [-0.25, -0.2) is 0 Å². The van der Waals surface area contributed by atoms with E-state index in [1.54, 1.807) is 6.07 Å². The zero-order valence-corrected chi connectivity index (χ0v) is 14.1. The van der Waals surface area contributed by atoms with Crippen molar-refractivity contribution in [2.24, 2.45) is 0 Å². The van der Waals surface area contributed by atoms with Gasteiger partial charge in [0.1, 0.15) is 14.5 Å². The first-order chi connectivity index (χ1) is 8.40. The van der Waals surface area contributed by atoms with Crippen LogP contribution in [0.3, 0.4) is 0 Å². The summed E-state index contributed by atoms with van der Waals surface area (Å²) < 4.78 is 0. The molecule has 0 aromatic heterocycles. The molecule has 1 aromatic carbocycles. The summed E-state index contributed by atoms with van der Waals surface area (Å²) in [6.45, 7) is 2.05. The highest BCUT2D eigenvalue weighted by Gasteiger charge is 2.23. The summed E-state index contributed by atoms with van der Waals surface area (Å²) in [5, 5.41) is 0. The molecule has 0 aliphatic carbocycles. The molecule has 0 atom stereocenters. The fourth-order valence-corrected chi connectivity index (χ4v) is 3.19. The van der Waals surface area contributed by atoms with E-state index >= 15 is 0 Å². The molecule has 0 spiro atoms. The number of rotatable bonds is 5. The minimum atomic E-state index is -0.714. The van der Waals surface area contributed by atoms with Crippen molar-refractivity contribution in [1.29, 1.82) is 0 Å². The van der Waals surface area contributed by atoms with Gasteiger partial charge in [-0.1, -0.05) is 25.5 Å². The number of hydrogen-bond acceptors (Lipinski definition) is 0. The number of halogens is 6. The van der Waals surface area contributed by atoms with E-state index in [2.05, 4.69) is 0 Å². The highest BCUT2D eigenvalue weighted by Crippen LogP contribution is 2.42. The van der Waals surface area contributed by atoms with Crippen LogP contribution in [-0.4, -0.2) is 0 Å². The molecular formula is C12H12Cl6. The van der Waals surface area contributed by atoms with Crippen LogP contribution in [0.2, 0.25) is 0 Å². The normalized spacial score (nSPS) is 11.9. The van der Waals surface area contributed by atoms with Gasteiger partial charge in [-0.2, -0.15) is 0 Å². The molecule has 0 radical (unpaired) electrons. The molecule has 102 valence electrons. The summed E-state index contributed by atoms with van der Waals surface area (Å²) >= 11 is 35.9. The molecule has 0 heterocycles. The van der Waals surface area contributed by atoms with E-state index in [0.717, 1.165) is 29.5 Å². The minimum Gasteiger partial charge on any atom is -0.100 e. The molecule has 1 aromatic rings. The zero-order valence-electron chi connectivity index (χ0n) is 9.57. The Morgan fingerprint density at radius 2 is 1.33 bits per heavy atom. The van der Waals surface area contributed by atoms with Gasteiger partial charge < -0.3 is 0 Å². The maximum atomic E-state index is 6.03. The summed E-state index contributed by atoms with van der Waals surface area (Å²) in [4.78, 5) is -2.03. The molecular weight excluding hydrogens is 357 g/mol. The third-order valence-electron chi connectivity index (χ3n) is 2.62. The summed E-state index contributed by atoms with van der Waals surface area (Å²) in [6, 6.07) is 3.59. The van der Waals surface area contributed by atoms with E-state index in [1.807, 2.05) is 13.0 Å². The van der Waals surface area contributed by atoms with Crippen molar-refractivity contribution in [3.63, 3.8) is 0 Å². The Labute approximate surface area is 137 Å². The predicted octanol–water partition coefficient (Wildman–Crippen LogP) is 7.07. The Hall–Kier alpha value is 0.960. The third-order valence-corrected chi connectivity index (χ3v) is 3.99. The van der Waals surface area contributed by atoms with Crippen LogP contribution in [0.5, 0.6) is 0 Å². The van der Waals surface area contributed by atoms with E-state index in [1.165, 1.54) is 0 Å². The zero-order chi connectivity index (χ0) is 13.9. The van der Waals surface area contributed by atoms with Gasteiger partial charge in [0.2, 0.25) is 0 Å². The van der Waals surface area contributed by atoms with Crippen molar-refractivity contribution < 1.29 is 0 Å². The molecule has 0 fully saturated rings. The van der Waals surface area contributed by atoms with Gasteiger partial charge in [0.05, 0.1) is 0 Å². The predicted molar refractivity (Wildman–Crippen MR) is 83.8 cm³/mol. The summed E-state index contributed by atoms with van der Waals surface area (Å²) in [5.41, 5.74) is 3.17. The summed E-state index contributed by atoms with van der Waals surface area (Å²) in [6.07, 6.45) is 1.69. The van der Waals surface area contributed by atoms with E-state index in [0.29, 0.717) is 5.56 Å². The van der Waals surface area contributed by atoms with Crippen LogP contribution in [0.1, 0.15) is 50.1 Å². The van der Waals surface area contributed by atoms with Gasteiger partial charge in [0.15, 0.2) is 0 Å². The maximum Gasteiger partial charge on any atom is 0.133 e. The third kappa shape index (κ3) is 3.98. The number of benzene rings is 1. The minimum absolute atomic E-state index is 0.629. The van der Waals surface area contributed by atoms with Crippen molar-refractivity contribution >= 4 is 69.6 Å². The Balaban J connectivity index is 3.49. The molecule has 0 aliphatic heterocycles. The second-order valence-corrected chi connectivity index (χ2v) is 7.08. The molecule has 0 N–H and O–H groups in total. The van der Waals surface area contributed by atoms with Crippen LogP contribution >= 0.6 is 69.6 Å². The first-order valence-electron chi connectivity index (χ1n) is 5.40. The van der Waals surface area contributed by atoms with Gasteiger partial charge in [0.25, 0.3) is 0 Å². The SMILES string of the molecule is CCCc1c(C(Cl)Cl)ccc(C(Cl)Cl)c1C(Cl)Cl. The first kappa shape index (κ1) is 17.0. The Kier molecular flexibility index (Phi) is 7.25. The Morgan fingerprint density at radius 3 is 1.72 bits per heavy atom. The second kappa shape index (κ2) is 7.67. The molecule has 0 saturated heterocycles. The van der Waals surface area contributed by atoms with E-state index in [9.17, 15) is 0 Å². The summed E-state index contributed by atoms with van der Waals surface area (Å²) in [7, 11) is 0. The maximum absolute atomic E-state index is 6.03. The molecule has 6 heteroatoms. The standard InChI is InChI=1S/C12H12Cl6/c1-2-3-6-7(10(13)14)4-5-8(11(15)16)9(6)12(17)18/h4-5,10-12H,2-3H2,1H3. The number of hydrogen-bond donors (Lipinski definition) is 0. The molecule has 0 unspecified atom stereocenters. The molecule has 0 nitrogen and oxygen atoms in total. The van der Waals surface area contributed by atoms with Crippen LogP contribution in [-0.2, 0) is 6.42 Å². The van der Waals surface area contributed by atoms with Crippen LogP contribution in [0.15, 0.2) is 12.1 Å². The lowest BCUT2D eigenvalue weighted by atomic mass is 9.94. The van der Waals surface area contributed by atoms with E-state index < -0.39 is 14.5 Å². The second-order valence-electron chi connectivity index (χ2n) is 3.79. The topological polar surface area (TPSA) is 0 Å². The molecule has 0 amide bonds. The summed E-state index contributed by atoms with van der Waals surface area (Å²) in [5.74, 6) is 0. The Morgan fingerprint density at radius 1 is 0.833 bits per heavy atom. The average Bonchev–Trinajstić information content (AvgIpc) is 2.27. The monoisotopic (exact) mass is 366 g/mol. The fraction of sp³-hybridized carbons (Fsp3) is 0.500. The lowest BCUT2D eigenvalue weighted by molar-refractivity contribution is 0.889. The molecule has 0 bridgehead atoms. The van der Waals surface area contributed by atoms with Crippen LogP contribution in [0, 0.1) is 0 Å². The first-order valence-corrected chi connectivity index (χ1v) is 8.02. The number of alkyl halides is 6.